The summed E-state index contributed by atoms with van der Waals surface area (Å²) in [5.74, 6) is -1.01. The molecular weight excluding hydrogens is 414 g/mol. The van der Waals surface area contributed by atoms with Crippen molar-refractivity contribution in [2.24, 2.45) is 0 Å². The van der Waals surface area contributed by atoms with Crippen molar-refractivity contribution < 1.29 is 33.3 Å². The predicted octanol–water partition coefficient (Wildman–Crippen LogP) is 3.76. The lowest BCUT2D eigenvalue weighted by Gasteiger charge is -2.25. The highest BCUT2D eigenvalue weighted by atomic mass is 16.5. The fourth-order valence-electron chi connectivity index (χ4n) is 3.00. The lowest BCUT2D eigenvalue weighted by Crippen LogP contribution is -2.27. The highest BCUT2D eigenvalue weighted by Crippen LogP contribution is 2.36. The zero-order valence-corrected chi connectivity index (χ0v) is 17.7. The SMILES string of the molecule is COC(=O)C1=C(C(=O)OC)N(c2ccccc2Oc2ccc(C(=O)OC)cc2)C=CC=C1. The van der Waals surface area contributed by atoms with E-state index in [0.717, 1.165) is 0 Å². The summed E-state index contributed by atoms with van der Waals surface area (Å²) in [4.78, 5) is 38.1. The second-order valence-electron chi connectivity index (χ2n) is 6.40. The van der Waals surface area contributed by atoms with Gasteiger partial charge in [-0.2, -0.15) is 0 Å². The van der Waals surface area contributed by atoms with E-state index in [1.54, 1.807) is 66.9 Å². The first kappa shape index (κ1) is 22.4. The molecule has 0 amide bonds. The molecule has 0 aliphatic carbocycles. The van der Waals surface area contributed by atoms with Gasteiger partial charge in [0, 0.05) is 6.20 Å². The van der Waals surface area contributed by atoms with E-state index in [2.05, 4.69) is 0 Å². The first-order valence-corrected chi connectivity index (χ1v) is 9.50. The van der Waals surface area contributed by atoms with Crippen LogP contribution >= 0.6 is 0 Å². The number of esters is 3. The molecule has 2 aromatic rings. The van der Waals surface area contributed by atoms with Gasteiger partial charge < -0.3 is 23.8 Å². The largest absolute Gasteiger partial charge is 0.465 e. The summed E-state index contributed by atoms with van der Waals surface area (Å²) in [6.07, 6.45) is 6.37. The van der Waals surface area contributed by atoms with Crippen molar-refractivity contribution in [1.82, 2.24) is 0 Å². The number of hydrogen-bond acceptors (Lipinski definition) is 8. The Labute approximate surface area is 184 Å². The predicted molar refractivity (Wildman–Crippen MR) is 116 cm³/mol. The van der Waals surface area contributed by atoms with E-state index in [1.165, 1.54) is 32.3 Å². The van der Waals surface area contributed by atoms with Gasteiger partial charge in [0.15, 0.2) is 5.75 Å². The molecule has 3 rings (SSSR count). The molecule has 1 heterocycles. The number of carbonyl (C=O) groups is 3. The third-order valence-corrected chi connectivity index (χ3v) is 4.52. The molecule has 164 valence electrons. The molecule has 2 aromatic carbocycles. The number of benzene rings is 2. The van der Waals surface area contributed by atoms with Crippen LogP contribution in [0.2, 0.25) is 0 Å². The summed E-state index contributed by atoms with van der Waals surface area (Å²) >= 11 is 0. The summed E-state index contributed by atoms with van der Waals surface area (Å²) in [7, 11) is 3.77. The molecule has 32 heavy (non-hydrogen) atoms. The Kier molecular flexibility index (Phi) is 7.07. The molecule has 0 unspecified atom stereocenters. The van der Waals surface area contributed by atoms with Gasteiger partial charge in [-0.25, -0.2) is 14.4 Å². The molecule has 0 radical (unpaired) electrons. The summed E-state index contributed by atoms with van der Waals surface area (Å²) < 4.78 is 20.5. The number of anilines is 1. The van der Waals surface area contributed by atoms with Gasteiger partial charge in [-0.3, -0.25) is 0 Å². The van der Waals surface area contributed by atoms with Gasteiger partial charge in [-0.05, 0) is 48.6 Å². The molecule has 8 heteroatoms. The quantitative estimate of drug-likeness (QED) is 0.500. The highest BCUT2D eigenvalue weighted by molar-refractivity contribution is 6.05. The van der Waals surface area contributed by atoms with Crippen molar-refractivity contribution in [3.05, 3.63) is 89.8 Å². The van der Waals surface area contributed by atoms with Gasteiger partial charge in [-0.1, -0.05) is 18.2 Å². The van der Waals surface area contributed by atoms with E-state index in [0.29, 0.717) is 22.7 Å². The Morgan fingerprint density at radius 2 is 1.41 bits per heavy atom. The Bertz CT molecular complexity index is 1110. The topological polar surface area (TPSA) is 91.4 Å². The number of carbonyl (C=O) groups excluding carboxylic acids is 3. The van der Waals surface area contributed by atoms with Gasteiger partial charge in [0.1, 0.15) is 11.4 Å². The highest BCUT2D eigenvalue weighted by Gasteiger charge is 2.29. The first-order valence-electron chi connectivity index (χ1n) is 9.50. The smallest absolute Gasteiger partial charge is 0.355 e. The van der Waals surface area contributed by atoms with Crippen LogP contribution in [0.5, 0.6) is 11.5 Å². The molecule has 1 aliphatic heterocycles. The Balaban J connectivity index is 2.05. The second kappa shape index (κ2) is 10.1. The maximum Gasteiger partial charge on any atom is 0.355 e. The van der Waals surface area contributed by atoms with E-state index >= 15 is 0 Å². The average molecular weight is 435 g/mol. The molecule has 0 atom stereocenters. The molecule has 1 aliphatic rings. The van der Waals surface area contributed by atoms with Gasteiger partial charge in [0.2, 0.25) is 0 Å². The van der Waals surface area contributed by atoms with Crippen molar-refractivity contribution in [2.45, 2.75) is 0 Å². The number of rotatable bonds is 6. The number of ether oxygens (including phenoxy) is 4. The molecule has 0 aromatic heterocycles. The van der Waals surface area contributed by atoms with E-state index in [1.807, 2.05) is 0 Å². The Hall–Kier alpha value is -4.33. The van der Waals surface area contributed by atoms with Crippen LogP contribution in [0.1, 0.15) is 10.4 Å². The van der Waals surface area contributed by atoms with Gasteiger partial charge >= 0.3 is 17.9 Å². The van der Waals surface area contributed by atoms with Gasteiger partial charge in [0.05, 0.1) is 38.2 Å². The van der Waals surface area contributed by atoms with Crippen molar-refractivity contribution >= 4 is 23.6 Å². The zero-order valence-electron chi connectivity index (χ0n) is 17.7. The third-order valence-electron chi connectivity index (χ3n) is 4.52. The Morgan fingerprint density at radius 1 is 0.750 bits per heavy atom. The van der Waals surface area contributed by atoms with Crippen LogP contribution in [-0.2, 0) is 23.8 Å². The summed E-state index contributed by atoms with van der Waals surface area (Å²) in [6.45, 7) is 0. The van der Waals surface area contributed by atoms with Crippen LogP contribution in [0.15, 0.2) is 84.2 Å². The van der Waals surface area contributed by atoms with E-state index in [9.17, 15) is 14.4 Å². The standard InChI is InChI=1S/C24H21NO7/c1-29-22(26)16-11-13-17(14-12-16)32-20-10-5-4-9-19(20)25-15-7-6-8-18(23(27)30-2)21(25)24(28)31-3/h4-15H,1-3H3. The number of para-hydroxylation sites is 2. The monoisotopic (exact) mass is 435 g/mol. The molecule has 0 saturated carbocycles. The van der Waals surface area contributed by atoms with Crippen molar-refractivity contribution in [1.29, 1.82) is 0 Å². The number of methoxy groups -OCH3 is 3. The van der Waals surface area contributed by atoms with Crippen molar-refractivity contribution in [2.75, 3.05) is 26.2 Å². The molecular formula is C24H21NO7. The molecule has 0 N–H and O–H groups in total. The maximum atomic E-state index is 12.7. The Morgan fingerprint density at radius 3 is 2.06 bits per heavy atom. The van der Waals surface area contributed by atoms with Crippen LogP contribution < -0.4 is 9.64 Å². The van der Waals surface area contributed by atoms with Crippen LogP contribution in [0.3, 0.4) is 0 Å². The van der Waals surface area contributed by atoms with Crippen LogP contribution in [0, 0.1) is 0 Å². The van der Waals surface area contributed by atoms with Crippen LogP contribution in [-0.4, -0.2) is 39.2 Å². The van der Waals surface area contributed by atoms with Crippen LogP contribution in [0.25, 0.3) is 0 Å². The minimum Gasteiger partial charge on any atom is -0.465 e. The number of nitrogens with zero attached hydrogens (tertiary/aromatic N) is 1. The molecule has 0 spiro atoms. The number of allylic oxidation sites excluding steroid dienone is 2. The number of hydrogen-bond donors (Lipinski definition) is 0. The normalized spacial score (nSPS) is 12.8. The molecule has 0 bridgehead atoms. The third kappa shape index (κ3) is 4.70. The summed E-state index contributed by atoms with van der Waals surface area (Å²) in [5.41, 5.74) is 0.864. The van der Waals surface area contributed by atoms with Crippen molar-refractivity contribution in [3.63, 3.8) is 0 Å². The minimum absolute atomic E-state index is 0.0264. The van der Waals surface area contributed by atoms with E-state index < -0.39 is 17.9 Å². The van der Waals surface area contributed by atoms with E-state index in [4.69, 9.17) is 18.9 Å². The molecule has 8 nitrogen and oxygen atoms in total. The first-order chi connectivity index (χ1) is 15.5. The lowest BCUT2D eigenvalue weighted by molar-refractivity contribution is -0.139. The fraction of sp³-hybridized carbons (Fsp3) is 0.125. The van der Waals surface area contributed by atoms with Crippen LogP contribution in [0.4, 0.5) is 5.69 Å². The van der Waals surface area contributed by atoms with Crippen molar-refractivity contribution in [3.8, 4) is 11.5 Å². The van der Waals surface area contributed by atoms with Gasteiger partial charge in [0.25, 0.3) is 0 Å². The molecule has 0 saturated heterocycles. The zero-order chi connectivity index (χ0) is 23.1. The summed E-state index contributed by atoms with van der Waals surface area (Å²) in [5, 5.41) is 0. The second-order valence-corrected chi connectivity index (χ2v) is 6.40. The lowest BCUT2D eigenvalue weighted by atomic mass is 10.1. The fourth-order valence-corrected chi connectivity index (χ4v) is 3.00. The average Bonchev–Trinajstić information content (AvgIpc) is 3.06. The summed E-state index contributed by atoms with van der Waals surface area (Å²) in [6, 6.07) is 13.4. The minimum atomic E-state index is -0.723. The molecule has 0 fully saturated rings. The maximum absolute atomic E-state index is 12.7. The van der Waals surface area contributed by atoms with Gasteiger partial charge in [-0.15, -0.1) is 0 Å². The van der Waals surface area contributed by atoms with E-state index in [-0.39, 0.29) is 11.3 Å².